The molecule has 0 spiro atoms. The van der Waals surface area contributed by atoms with Gasteiger partial charge in [-0.05, 0) is 51.9 Å². The van der Waals surface area contributed by atoms with E-state index < -0.39 is 0 Å². The highest BCUT2D eigenvalue weighted by atomic mass is 127. The molecule has 0 aliphatic carbocycles. The van der Waals surface area contributed by atoms with Gasteiger partial charge in [-0.25, -0.2) is 4.39 Å². The monoisotopic (exact) mass is 324 g/mol. The zero-order valence-electron chi connectivity index (χ0n) is 8.53. The van der Waals surface area contributed by atoms with Crippen LogP contribution in [0.5, 0.6) is 0 Å². The minimum absolute atomic E-state index is 0.202. The molecule has 0 radical (unpaired) electrons. The topological polar surface area (TPSA) is 0 Å². The SMILES string of the molecule is Fc1ccc(C=Cc2ccccc2I)cc1. The van der Waals surface area contributed by atoms with Gasteiger partial charge in [-0.2, -0.15) is 0 Å². The fourth-order valence-corrected chi connectivity index (χ4v) is 1.94. The third-order valence-corrected chi connectivity index (χ3v) is 3.21. The number of halogens is 2. The minimum Gasteiger partial charge on any atom is -0.207 e. The molecule has 2 aromatic carbocycles. The molecule has 2 heteroatoms. The molecule has 0 unspecified atom stereocenters. The molecule has 2 rings (SSSR count). The molecule has 0 atom stereocenters. The van der Waals surface area contributed by atoms with Crippen LogP contribution < -0.4 is 0 Å². The van der Waals surface area contributed by atoms with Crippen molar-refractivity contribution in [3.63, 3.8) is 0 Å². The van der Waals surface area contributed by atoms with Gasteiger partial charge in [-0.1, -0.05) is 42.5 Å². The van der Waals surface area contributed by atoms with E-state index >= 15 is 0 Å². The smallest absolute Gasteiger partial charge is 0.123 e. The van der Waals surface area contributed by atoms with Gasteiger partial charge in [0.1, 0.15) is 5.82 Å². The highest BCUT2D eigenvalue weighted by Crippen LogP contribution is 2.15. The van der Waals surface area contributed by atoms with Crippen molar-refractivity contribution in [2.75, 3.05) is 0 Å². The van der Waals surface area contributed by atoms with Crippen molar-refractivity contribution in [2.24, 2.45) is 0 Å². The number of hydrogen-bond acceptors (Lipinski definition) is 0. The van der Waals surface area contributed by atoms with Crippen LogP contribution in [0.1, 0.15) is 11.1 Å². The Bertz CT molecular complexity index is 500. The predicted octanol–water partition coefficient (Wildman–Crippen LogP) is 4.60. The molecule has 0 fully saturated rings. The van der Waals surface area contributed by atoms with Crippen LogP contribution in [0.3, 0.4) is 0 Å². The average molecular weight is 324 g/mol. The molecule has 0 aliphatic heterocycles. The lowest BCUT2D eigenvalue weighted by molar-refractivity contribution is 0.628. The second-order valence-electron chi connectivity index (χ2n) is 3.41. The predicted molar refractivity (Wildman–Crippen MR) is 74.5 cm³/mol. The summed E-state index contributed by atoms with van der Waals surface area (Å²) in [6, 6.07) is 14.6. The van der Waals surface area contributed by atoms with E-state index in [1.165, 1.54) is 21.3 Å². The third-order valence-electron chi connectivity index (χ3n) is 2.23. The lowest BCUT2D eigenvalue weighted by Crippen LogP contribution is -1.78. The maximum Gasteiger partial charge on any atom is 0.123 e. The summed E-state index contributed by atoms with van der Waals surface area (Å²) < 4.78 is 13.9. The summed E-state index contributed by atoms with van der Waals surface area (Å²) in [5, 5.41) is 0. The van der Waals surface area contributed by atoms with Crippen LogP contribution in [-0.4, -0.2) is 0 Å². The van der Waals surface area contributed by atoms with E-state index in [1.807, 2.05) is 24.3 Å². The third kappa shape index (κ3) is 2.92. The summed E-state index contributed by atoms with van der Waals surface area (Å²) in [4.78, 5) is 0. The zero-order valence-corrected chi connectivity index (χ0v) is 10.7. The number of benzene rings is 2. The molecule has 0 N–H and O–H groups in total. The number of hydrogen-bond donors (Lipinski definition) is 0. The van der Waals surface area contributed by atoms with E-state index in [0.717, 1.165) is 5.56 Å². The molecule has 0 heterocycles. The van der Waals surface area contributed by atoms with Gasteiger partial charge in [0.2, 0.25) is 0 Å². The first-order valence-corrected chi connectivity index (χ1v) is 6.02. The molecule has 2 aromatic rings. The lowest BCUT2D eigenvalue weighted by atomic mass is 10.1. The van der Waals surface area contributed by atoms with Gasteiger partial charge in [0.15, 0.2) is 0 Å². The Morgan fingerprint density at radius 3 is 2.25 bits per heavy atom. The highest BCUT2D eigenvalue weighted by molar-refractivity contribution is 14.1. The molecule has 16 heavy (non-hydrogen) atoms. The Morgan fingerprint density at radius 2 is 1.56 bits per heavy atom. The highest BCUT2D eigenvalue weighted by Gasteiger charge is 1.93. The van der Waals surface area contributed by atoms with Gasteiger partial charge in [0.25, 0.3) is 0 Å². The zero-order chi connectivity index (χ0) is 11.4. The Labute approximate surface area is 108 Å². The van der Waals surface area contributed by atoms with Crippen molar-refractivity contribution >= 4 is 34.7 Å². The molecular weight excluding hydrogens is 314 g/mol. The summed E-state index contributed by atoms with van der Waals surface area (Å²) in [6.07, 6.45) is 4.02. The second kappa shape index (κ2) is 5.25. The second-order valence-corrected chi connectivity index (χ2v) is 4.57. The summed E-state index contributed by atoms with van der Waals surface area (Å²) in [6.45, 7) is 0. The van der Waals surface area contributed by atoms with Crippen molar-refractivity contribution < 1.29 is 4.39 Å². The van der Waals surface area contributed by atoms with E-state index in [0.29, 0.717) is 0 Å². The summed E-state index contributed by atoms with van der Waals surface area (Å²) in [5.74, 6) is -0.202. The van der Waals surface area contributed by atoms with Crippen molar-refractivity contribution in [1.29, 1.82) is 0 Å². The molecule has 0 saturated heterocycles. The summed E-state index contributed by atoms with van der Waals surface area (Å²) in [7, 11) is 0. The molecule has 0 aromatic heterocycles. The van der Waals surface area contributed by atoms with Crippen LogP contribution in [-0.2, 0) is 0 Å². The lowest BCUT2D eigenvalue weighted by Gasteiger charge is -1.97. The molecule has 0 saturated carbocycles. The standard InChI is InChI=1S/C14H10FI/c15-13-9-6-11(7-10-13)5-8-12-3-1-2-4-14(12)16/h1-10H. The van der Waals surface area contributed by atoms with Crippen LogP contribution in [0.15, 0.2) is 48.5 Å². The number of rotatable bonds is 2. The quantitative estimate of drug-likeness (QED) is 0.559. The van der Waals surface area contributed by atoms with Crippen molar-refractivity contribution in [3.8, 4) is 0 Å². The van der Waals surface area contributed by atoms with Crippen molar-refractivity contribution in [2.45, 2.75) is 0 Å². The van der Waals surface area contributed by atoms with Gasteiger partial charge in [0, 0.05) is 3.57 Å². The summed E-state index contributed by atoms with van der Waals surface area (Å²) in [5.41, 5.74) is 2.17. The average Bonchev–Trinajstić information content (AvgIpc) is 2.30. The fraction of sp³-hybridized carbons (Fsp3) is 0. The van der Waals surface area contributed by atoms with Crippen LogP contribution in [0.4, 0.5) is 4.39 Å². The van der Waals surface area contributed by atoms with E-state index in [9.17, 15) is 4.39 Å². The van der Waals surface area contributed by atoms with Crippen molar-refractivity contribution in [1.82, 2.24) is 0 Å². The first-order valence-electron chi connectivity index (χ1n) is 4.94. The van der Waals surface area contributed by atoms with Crippen LogP contribution >= 0.6 is 22.6 Å². The molecular formula is C14H10FI. The molecule has 0 bridgehead atoms. The van der Waals surface area contributed by atoms with E-state index in [2.05, 4.69) is 34.7 Å². The minimum atomic E-state index is -0.202. The molecule has 0 aliphatic rings. The van der Waals surface area contributed by atoms with E-state index in [4.69, 9.17) is 0 Å². The Balaban J connectivity index is 2.21. The molecule has 0 amide bonds. The fourth-order valence-electron chi connectivity index (χ4n) is 1.37. The van der Waals surface area contributed by atoms with Crippen LogP contribution in [0, 0.1) is 9.39 Å². The molecule has 80 valence electrons. The van der Waals surface area contributed by atoms with Gasteiger partial charge >= 0.3 is 0 Å². The largest absolute Gasteiger partial charge is 0.207 e. The Kier molecular flexibility index (Phi) is 3.72. The molecule has 0 nitrogen and oxygen atoms in total. The van der Waals surface area contributed by atoms with E-state index in [1.54, 1.807) is 12.1 Å². The van der Waals surface area contributed by atoms with Gasteiger partial charge in [-0.15, -0.1) is 0 Å². The Hall–Kier alpha value is -1.16. The first-order chi connectivity index (χ1) is 7.75. The van der Waals surface area contributed by atoms with Crippen molar-refractivity contribution in [3.05, 3.63) is 69.0 Å². The Morgan fingerprint density at radius 1 is 0.875 bits per heavy atom. The van der Waals surface area contributed by atoms with Gasteiger partial charge < -0.3 is 0 Å². The first kappa shape index (κ1) is 11.3. The van der Waals surface area contributed by atoms with Crippen LogP contribution in [0.25, 0.3) is 12.2 Å². The van der Waals surface area contributed by atoms with Crippen LogP contribution in [0.2, 0.25) is 0 Å². The maximum atomic E-state index is 12.7. The summed E-state index contributed by atoms with van der Waals surface area (Å²) >= 11 is 2.30. The van der Waals surface area contributed by atoms with Gasteiger partial charge in [0.05, 0.1) is 0 Å². The van der Waals surface area contributed by atoms with E-state index in [-0.39, 0.29) is 5.82 Å². The maximum absolute atomic E-state index is 12.7. The normalized spacial score (nSPS) is 10.9. The van der Waals surface area contributed by atoms with Gasteiger partial charge in [-0.3, -0.25) is 0 Å².